The van der Waals surface area contributed by atoms with E-state index in [0.29, 0.717) is 12.0 Å². The van der Waals surface area contributed by atoms with E-state index in [-0.39, 0.29) is 35.8 Å². The average molecular weight is 367 g/mol. The number of carbonyl (C=O) groups is 1. The normalized spacial score (nSPS) is 27.1. The molecule has 1 aromatic rings. The van der Waals surface area contributed by atoms with Gasteiger partial charge in [0.25, 0.3) is 0 Å². The second kappa shape index (κ2) is 8.49. The molecule has 4 unspecified atom stereocenters. The maximum Gasteiger partial charge on any atom is 0.239 e. The van der Waals surface area contributed by atoms with Gasteiger partial charge >= 0.3 is 0 Å². The molecule has 1 aromatic carbocycles. The van der Waals surface area contributed by atoms with Gasteiger partial charge in [0.15, 0.2) is 0 Å². The van der Waals surface area contributed by atoms with Crippen LogP contribution in [-0.2, 0) is 10.2 Å². The first-order valence-electron chi connectivity index (χ1n) is 9.11. The third kappa shape index (κ3) is 4.17. The lowest BCUT2D eigenvalue weighted by Gasteiger charge is -2.36. The van der Waals surface area contributed by atoms with Crippen LogP contribution >= 0.6 is 12.4 Å². The molecule has 2 fully saturated rings. The van der Waals surface area contributed by atoms with E-state index in [0.717, 1.165) is 25.9 Å². The molecule has 0 spiro atoms. The first kappa shape index (κ1) is 20.2. The molecule has 2 heterocycles. The van der Waals surface area contributed by atoms with Crippen LogP contribution in [0.25, 0.3) is 0 Å². The fourth-order valence-corrected chi connectivity index (χ4v) is 4.10. The Hall–Kier alpha value is -1.14. The van der Waals surface area contributed by atoms with E-state index < -0.39 is 0 Å². The molecule has 0 aromatic heterocycles. The molecule has 25 heavy (non-hydrogen) atoms. The Balaban J connectivity index is 0.00000225. The first-order chi connectivity index (χ1) is 11.5. The predicted octanol–water partition coefficient (Wildman–Crippen LogP) is 1.74. The number of benzene rings is 1. The van der Waals surface area contributed by atoms with Gasteiger partial charge in [0.1, 0.15) is 6.04 Å². The van der Waals surface area contributed by atoms with Crippen molar-refractivity contribution in [3.8, 4) is 0 Å². The van der Waals surface area contributed by atoms with Crippen LogP contribution in [0.2, 0.25) is 0 Å². The van der Waals surface area contributed by atoms with Crippen LogP contribution < -0.4 is 21.5 Å². The van der Waals surface area contributed by atoms with E-state index in [2.05, 4.69) is 66.5 Å². The molecule has 2 aliphatic rings. The zero-order valence-corrected chi connectivity index (χ0v) is 16.2. The maximum absolute atomic E-state index is 12.9. The van der Waals surface area contributed by atoms with Crippen molar-refractivity contribution in [2.24, 2.45) is 5.92 Å². The molecular weight excluding hydrogens is 336 g/mol. The smallest absolute Gasteiger partial charge is 0.239 e. The number of piperidine rings is 1. The van der Waals surface area contributed by atoms with Gasteiger partial charge in [0.05, 0.1) is 0 Å². The van der Waals surface area contributed by atoms with Crippen molar-refractivity contribution in [3.63, 3.8) is 0 Å². The van der Waals surface area contributed by atoms with Gasteiger partial charge in [-0.3, -0.25) is 10.2 Å². The van der Waals surface area contributed by atoms with Gasteiger partial charge in [-0.15, -0.1) is 12.4 Å². The molecule has 2 saturated heterocycles. The van der Waals surface area contributed by atoms with Crippen LogP contribution in [0, 0.1) is 5.92 Å². The van der Waals surface area contributed by atoms with E-state index in [1.165, 1.54) is 5.56 Å². The van der Waals surface area contributed by atoms with Crippen molar-refractivity contribution < 1.29 is 4.79 Å². The summed E-state index contributed by atoms with van der Waals surface area (Å²) in [4.78, 5) is 12.9. The second-order valence-corrected chi connectivity index (χ2v) is 7.59. The zero-order valence-electron chi connectivity index (χ0n) is 15.3. The van der Waals surface area contributed by atoms with Crippen molar-refractivity contribution in [1.82, 2.24) is 21.5 Å². The number of hydrazine groups is 1. The molecule has 4 atom stereocenters. The quantitative estimate of drug-likeness (QED) is 0.641. The number of nitrogens with one attached hydrogen (secondary N) is 4. The average Bonchev–Trinajstić information content (AvgIpc) is 3.04. The second-order valence-electron chi connectivity index (χ2n) is 7.59. The summed E-state index contributed by atoms with van der Waals surface area (Å²) in [5, 5.41) is 6.72. The maximum atomic E-state index is 12.9. The van der Waals surface area contributed by atoms with E-state index in [1.54, 1.807) is 0 Å². The van der Waals surface area contributed by atoms with Crippen LogP contribution in [0.1, 0.15) is 39.2 Å². The van der Waals surface area contributed by atoms with E-state index >= 15 is 0 Å². The lowest BCUT2D eigenvalue weighted by molar-refractivity contribution is -0.125. The number of hydrogen-bond donors (Lipinski definition) is 4. The number of amides is 1. The lowest BCUT2D eigenvalue weighted by Crippen LogP contribution is -2.55. The third-order valence-electron chi connectivity index (χ3n) is 5.78. The van der Waals surface area contributed by atoms with Gasteiger partial charge in [-0.25, -0.2) is 5.43 Å². The highest BCUT2D eigenvalue weighted by atomic mass is 35.5. The Morgan fingerprint density at radius 1 is 1.28 bits per heavy atom. The molecule has 3 rings (SSSR count). The SMILES string of the molecule is CCC(NC(=O)C1NNC2CCNCC21)C(C)(C)c1ccccc1.Cl. The highest BCUT2D eigenvalue weighted by Gasteiger charge is 2.42. The van der Waals surface area contributed by atoms with Crippen LogP contribution in [0.3, 0.4) is 0 Å². The predicted molar refractivity (Wildman–Crippen MR) is 104 cm³/mol. The molecule has 1 amide bonds. The highest BCUT2D eigenvalue weighted by molar-refractivity contribution is 5.85. The Morgan fingerprint density at radius 3 is 2.68 bits per heavy atom. The molecule has 0 bridgehead atoms. The molecular formula is C19H31ClN4O. The van der Waals surface area contributed by atoms with Crippen molar-refractivity contribution in [2.75, 3.05) is 13.1 Å². The van der Waals surface area contributed by atoms with Crippen molar-refractivity contribution in [1.29, 1.82) is 0 Å². The minimum Gasteiger partial charge on any atom is -0.351 e. The summed E-state index contributed by atoms with van der Waals surface area (Å²) < 4.78 is 0. The van der Waals surface area contributed by atoms with E-state index in [4.69, 9.17) is 0 Å². The summed E-state index contributed by atoms with van der Waals surface area (Å²) >= 11 is 0. The Bertz CT molecular complexity index is 566. The summed E-state index contributed by atoms with van der Waals surface area (Å²) in [6.45, 7) is 8.47. The third-order valence-corrected chi connectivity index (χ3v) is 5.78. The molecule has 2 aliphatic heterocycles. The van der Waals surface area contributed by atoms with Gasteiger partial charge in [0.2, 0.25) is 5.91 Å². The number of hydrogen-bond acceptors (Lipinski definition) is 4. The van der Waals surface area contributed by atoms with E-state index in [9.17, 15) is 4.79 Å². The monoisotopic (exact) mass is 366 g/mol. The van der Waals surface area contributed by atoms with Crippen molar-refractivity contribution in [3.05, 3.63) is 35.9 Å². The lowest BCUT2D eigenvalue weighted by atomic mass is 9.76. The summed E-state index contributed by atoms with van der Waals surface area (Å²) in [6.07, 6.45) is 1.97. The standard InChI is InChI=1S/C19H30N4O.ClH/c1-4-16(19(2,3)13-8-6-5-7-9-13)21-18(24)17-14-12-20-11-10-15(14)22-23-17;/h5-9,14-17,20,22-23H,4,10-12H2,1-3H3,(H,21,24);1H. The first-order valence-corrected chi connectivity index (χ1v) is 9.11. The number of carbonyl (C=O) groups excluding carboxylic acids is 1. The Morgan fingerprint density at radius 2 is 2.00 bits per heavy atom. The molecule has 4 N–H and O–H groups in total. The number of rotatable bonds is 5. The molecule has 0 saturated carbocycles. The van der Waals surface area contributed by atoms with Gasteiger partial charge in [-0.1, -0.05) is 51.1 Å². The largest absolute Gasteiger partial charge is 0.351 e. The fraction of sp³-hybridized carbons (Fsp3) is 0.632. The summed E-state index contributed by atoms with van der Waals surface area (Å²) in [7, 11) is 0. The van der Waals surface area contributed by atoms with Crippen LogP contribution in [0.15, 0.2) is 30.3 Å². The number of fused-ring (bicyclic) bond motifs is 1. The van der Waals surface area contributed by atoms with E-state index in [1.807, 2.05) is 6.07 Å². The molecule has 0 radical (unpaired) electrons. The minimum absolute atomic E-state index is 0. The highest BCUT2D eigenvalue weighted by Crippen LogP contribution is 2.29. The van der Waals surface area contributed by atoms with Crippen LogP contribution in [0.4, 0.5) is 0 Å². The Kier molecular flexibility index (Phi) is 6.86. The van der Waals surface area contributed by atoms with Crippen LogP contribution in [-0.4, -0.2) is 37.1 Å². The molecule has 5 nitrogen and oxygen atoms in total. The summed E-state index contributed by atoms with van der Waals surface area (Å²) in [5.74, 6) is 0.422. The van der Waals surface area contributed by atoms with Gasteiger partial charge in [-0.2, -0.15) is 0 Å². The zero-order chi connectivity index (χ0) is 17.2. The van der Waals surface area contributed by atoms with Gasteiger partial charge in [0, 0.05) is 30.0 Å². The molecule has 6 heteroatoms. The summed E-state index contributed by atoms with van der Waals surface area (Å²) in [6, 6.07) is 10.8. The minimum atomic E-state index is -0.163. The van der Waals surface area contributed by atoms with Crippen molar-refractivity contribution in [2.45, 2.75) is 57.2 Å². The van der Waals surface area contributed by atoms with Gasteiger partial charge < -0.3 is 10.6 Å². The van der Waals surface area contributed by atoms with Gasteiger partial charge in [-0.05, 0) is 24.9 Å². The number of halogens is 1. The fourth-order valence-electron chi connectivity index (χ4n) is 4.10. The van der Waals surface area contributed by atoms with Crippen molar-refractivity contribution >= 4 is 18.3 Å². The van der Waals surface area contributed by atoms with Crippen LogP contribution in [0.5, 0.6) is 0 Å². The summed E-state index contributed by atoms with van der Waals surface area (Å²) in [5.41, 5.74) is 7.66. The molecule has 140 valence electrons. The Labute approximate surface area is 157 Å². The topological polar surface area (TPSA) is 65.2 Å². The molecule has 0 aliphatic carbocycles.